The molecular weight excluding hydrogens is 484 g/mol. The molecule has 1 saturated heterocycles. The quantitative estimate of drug-likeness (QED) is 0.251. The molecule has 0 amide bonds. The monoisotopic (exact) mass is 524 g/mol. The number of hydrogen-bond acceptors (Lipinski definition) is 10. The van der Waals surface area contributed by atoms with Crippen LogP contribution in [-0.2, 0) is 23.8 Å². The van der Waals surface area contributed by atoms with E-state index in [0.29, 0.717) is 19.3 Å². The number of ether oxygens (including phenoxy) is 3. The average molecular weight is 525 g/mol. The van der Waals surface area contributed by atoms with Gasteiger partial charge in [0, 0.05) is 11.8 Å². The third-order valence-corrected chi connectivity index (χ3v) is 9.60. The Kier molecular flexibility index (Phi) is 7.53. The molecule has 3 aliphatic carbocycles. The highest BCUT2D eigenvalue weighted by Gasteiger charge is 2.62. The molecule has 1 heterocycles. The Labute approximate surface area is 216 Å². The van der Waals surface area contributed by atoms with E-state index in [0.717, 1.165) is 24.7 Å². The van der Waals surface area contributed by atoms with Crippen molar-refractivity contribution in [2.75, 3.05) is 13.7 Å². The second kappa shape index (κ2) is 9.82. The minimum atomic E-state index is -1.74. The summed E-state index contributed by atoms with van der Waals surface area (Å²) in [5.74, 6) is -1.32. The van der Waals surface area contributed by atoms with E-state index in [1.807, 2.05) is 13.0 Å². The van der Waals surface area contributed by atoms with E-state index >= 15 is 0 Å². The maximum Gasteiger partial charge on any atom is 0.337 e. The molecule has 0 bridgehead atoms. The van der Waals surface area contributed by atoms with Gasteiger partial charge in [-0.3, -0.25) is 4.79 Å². The van der Waals surface area contributed by atoms with Gasteiger partial charge >= 0.3 is 5.97 Å². The molecule has 0 aromatic rings. The highest BCUT2D eigenvalue weighted by atomic mass is 16.7. The minimum absolute atomic E-state index is 0.0123. The van der Waals surface area contributed by atoms with Crippen LogP contribution in [0, 0.1) is 22.2 Å². The van der Waals surface area contributed by atoms with E-state index in [2.05, 4.69) is 18.2 Å². The molecule has 37 heavy (non-hydrogen) atoms. The molecule has 10 heteroatoms. The summed E-state index contributed by atoms with van der Waals surface area (Å²) < 4.78 is 15.9. The van der Waals surface area contributed by atoms with E-state index < -0.39 is 59.7 Å². The number of carbonyl (C=O) groups excluding carboxylic acids is 2. The van der Waals surface area contributed by atoms with Crippen LogP contribution in [0.5, 0.6) is 0 Å². The number of aliphatic hydroxyl groups excluding tert-OH is 5. The first-order valence-electron chi connectivity index (χ1n) is 12.9. The Morgan fingerprint density at radius 3 is 2.43 bits per heavy atom. The lowest BCUT2D eigenvalue weighted by atomic mass is 9.46. The SMILES string of the molecule is C=CC1(C)CCC2=C(C1)C(=O)CC1C2(C)CC(O)C(O)C1(C)COC1OC(C(=O)OC)C(O)C(O)C1O. The third kappa shape index (κ3) is 4.50. The summed E-state index contributed by atoms with van der Waals surface area (Å²) in [4.78, 5) is 25.5. The van der Waals surface area contributed by atoms with Crippen molar-refractivity contribution in [2.24, 2.45) is 22.2 Å². The molecule has 4 rings (SSSR count). The van der Waals surface area contributed by atoms with Crippen molar-refractivity contribution >= 4 is 11.8 Å². The molecule has 11 unspecified atom stereocenters. The summed E-state index contributed by atoms with van der Waals surface area (Å²) >= 11 is 0. The highest BCUT2D eigenvalue weighted by Crippen LogP contribution is 2.62. The molecule has 0 aromatic heterocycles. The number of Topliss-reactive ketones (excluding diaryl/α,β-unsaturated/α-hetero) is 1. The number of ketones is 1. The molecule has 2 fully saturated rings. The lowest BCUT2D eigenvalue weighted by Gasteiger charge is -2.60. The van der Waals surface area contributed by atoms with Gasteiger partial charge in [0.1, 0.15) is 18.3 Å². The molecule has 0 aromatic carbocycles. The van der Waals surface area contributed by atoms with Crippen LogP contribution in [0.2, 0.25) is 0 Å². The standard InChI is InChI=1S/C27H40O10/c1-6-25(2)8-7-14-13(10-25)15(28)9-17-26(14,3)11-16(29)22(33)27(17,4)12-36-24-20(32)18(30)19(31)21(37-24)23(34)35-5/h6,16-22,24,29-33H,1,7-12H2,2-5H3. The zero-order valence-electron chi connectivity index (χ0n) is 21.9. The number of hydrogen-bond donors (Lipinski definition) is 5. The number of carbonyl (C=O) groups is 2. The fourth-order valence-electron chi connectivity index (χ4n) is 7.14. The van der Waals surface area contributed by atoms with Crippen molar-refractivity contribution in [2.45, 2.75) is 95.8 Å². The largest absolute Gasteiger partial charge is 0.467 e. The number of fused-ring (bicyclic) bond motifs is 2. The van der Waals surface area contributed by atoms with Crippen LogP contribution in [0.4, 0.5) is 0 Å². The minimum Gasteiger partial charge on any atom is -0.467 e. The predicted molar refractivity (Wildman–Crippen MR) is 130 cm³/mol. The van der Waals surface area contributed by atoms with Gasteiger partial charge in [-0.1, -0.05) is 32.4 Å². The van der Waals surface area contributed by atoms with Gasteiger partial charge in [-0.15, -0.1) is 6.58 Å². The second-order valence-corrected chi connectivity index (χ2v) is 12.0. The number of esters is 1. The molecule has 10 nitrogen and oxygen atoms in total. The third-order valence-electron chi connectivity index (χ3n) is 9.60. The first-order chi connectivity index (χ1) is 17.2. The first kappa shape index (κ1) is 28.4. The summed E-state index contributed by atoms with van der Waals surface area (Å²) in [6.45, 7) is 9.56. The van der Waals surface area contributed by atoms with Gasteiger partial charge in [0.05, 0.1) is 25.9 Å². The van der Waals surface area contributed by atoms with Crippen molar-refractivity contribution in [3.05, 3.63) is 23.8 Å². The molecule has 1 saturated carbocycles. The van der Waals surface area contributed by atoms with Crippen LogP contribution >= 0.6 is 0 Å². The number of allylic oxidation sites excluding steroid dienone is 3. The smallest absolute Gasteiger partial charge is 0.337 e. The van der Waals surface area contributed by atoms with Crippen molar-refractivity contribution in [1.82, 2.24) is 0 Å². The predicted octanol–water partition coefficient (Wildman–Crippen LogP) is 0.384. The molecule has 1 aliphatic heterocycles. The summed E-state index contributed by atoms with van der Waals surface area (Å²) in [5.41, 5.74) is -0.0667. The Morgan fingerprint density at radius 1 is 1.14 bits per heavy atom. The average Bonchev–Trinajstić information content (AvgIpc) is 2.87. The summed E-state index contributed by atoms with van der Waals surface area (Å²) in [5, 5.41) is 53.1. The maximum absolute atomic E-state index is 13.4. The van der Waals surface area contributed by atoms with Gasteiger partial charge in [0.25, 0.3) is 0 Å². The Balaban J connectivity index is 1.63. The van der Waals surface area contributed by atoms with Gasteiger partial charge in [-0.2, -0.15) is 0 Å². The van der Waals surface area contributed by atoms with Gasteiger partial charge in [-0.05, 0) is 48.0 Å². The highest BCUT2D eigenvalue weighted by molar-refractivity contribution is 5.98. The van der Waals surface area contributed by atoms with Crippen molar-refractivity contribution in [3.63, 3.8) is 0 Å². The summed E-state index contributed by atoms with van der Waals surface area (Å²) in [6.07, 6.45) is -6.12. The zero-order valence-corrected chi connectivity index (χ0v) is 21.9. The Bertz CT molecular complexity index is 978. The van der Waals surface area contributed by atoms with Crippen molar-refractivity contribution < 1.29 is 49.3 Å². The molecule has 5 N–H and O–H groups in total. The van der Waals surface area contributed by atoms with E-state index in [1.54, 1.807) is 6.92 Å². The van der Waals surface area contributed by atoms with Gasteiger partial charge in [0.2, 0.25) is 0 Å². The lowest BCUT2D eigenvalue weighted by molar-refractivity contribution is -0.308. The van der Waals surface area contributed by atoms with Crippen molar-refractivity contribution in [1.29, 1.82) is 0 Å². The molecular formula is C27H40O10. The van der Waals surface area contributed by atoms with Gasteiger partial charge < -0.3 is 39.7 Å². The van der Waals surface area contributed by atoms with Crippen LogP contribution in [0.25, 0.3) is 0 Å². The maximum atomic E-state index is 13.4. The fourth-order valence-corrected chi connectivity index (χ4v) is 7.14. The fraction of sp³-hybridized carbons (Fsp3) is 0.778. The molecule has 4 aliphatic rings. The number of aliphatic hydroxyl groups is 5. The van der Waals surface area contributed by atoms with Crippen molar-refractivity contribution in [3.8, 4) is 0 Å². The first-order valence-corrected chi connectivity index (χ1v) is 12.9. The van der Waals surface area contributed by atoms with Crippen LogP contribution < -0.4 is 0 Å². The topological polar surface area (TPSA) is 163 Å². The Hall–Kier alpha value is -1.66. The van der Waals surface area contributed by atoms with Crippen LogP contribution in [0.15, 0.2) is 23.8 Å². The van der Waals surface area contributed by atoms with E-state index in [-0.39, 0.29) is 30.1 Å². The van der Waals surface area contributed by atoms with Gasteiger partial charge in [0.15, 0.2) is 18.2 Å². The second-order valence-electron chi connectivity index (χ2n) is 12.0. The lowest BCUT2D eigenvalue weighted by Crippen LogP contribution is -2.64. The zero-order chi connectivity index (χ0) is 27.5. The van der Waals surface area contributed by atoms with Crippen LogP contribution in [-0.4, -0.2) is 93.9 Å². The van der Waals surface area contributed by atoms with E-state index in [1.165, 1.54) is 0 Å². The Morgan fingerprint density at radius 2 is 1.81 bits per heavy atom. The van der Waals surface area contributed by atoms with Crippen LogP contribution in [0.1, 0.15) is 52.9 Å². The normalized spacial score (nSPS) is 48.2. The molecule has 208 valence electrons. The molecule has 0 radical (unpaired) electrons. The number of methoxy groups -OCH3 is 1. The molecule has 0 spiro atoms. The van der Waals surface area contributed by atoms with E-state index in [9.17, 15) is 35.1 Å². The van der Waals surface area contributed by atoms with Gasteiger partial charge in [-0.25, -0.2) is 4.79 Å². The van der Waals surface area contributed by atoms with E-state index in [4.69, 9.17) is 9.47 Å². The summed E-state index contributed by atoms with van der Waals surface area (Å²) in [6, 6.07) is 0. The van der Waals surface area contributed by atoms with Crippen LogP contribution in [0.3, 0.4) is 0 Å². The number of rotatable bonds is 5. The molecule has 11 atom stereocenters. The summed E-state index contributed by atoms with van der Waals surface area (Å²) in [7, 11) is 1.10.